The molecule has 0 saturated heterocycles. The van der Waals surface area contributed by atoms with Crippen molar-refractivity contribution in [3.05, 3.63) is 59.2 Å². The number of nitrogens with one attached hydrogen (secondary N) is 2. The maximum Gasteiger partial charge on any atom is 0.261 e. The van der Waals surface area contributed by atoms with Crippen molar-refractivity contribution < 1.29 is 18.3 Å². The Morgan fingerprint density at radius 2 is 1.61 bits per heavy atom. The molecule has 0 unspecified atom stereocenters. The molecule has 6 nitrogen and oxygen atoms in total. The summed E-state index contributed by atoms with van der Waals surface area (Å²) < 4.78 is 27.7. The first kappa shape index (κ1) is 20.4. The second-order valence-electron chi connectivity index (χ2n) is 7.41. The van der Waals surface area contributed by atoms with Gasteiger partial charge in [-0.25, -0.2) is 8.42 Å². The van der Waals surface area contributed by atoms with Gasteiger partial charge in [-0.15, -0.1) is 0 Å². The SMILES string of the molecule is Cc1ccc(S(=O)(=O)Nc2ccc(C(=O)NC3CCC(O)CC3)cc2)cc1C. The minimum absolute atomic E-state index is 0.0684. The molecule has 28 heavy (non-hydrogen) atoms. The lowest BCUT2D eigenvalue weighted by molar-refractivity contribution is 0.0867. The van der Waals surface area contributed by atoms with Crippen LogP contribution >= 0.6 is 0 Å². The van der Waals surface area contributed by atoms with Crippen LogP contribution in [0.1, 0.15) is 47.2 Å². The van der Waals surface area contributed by atoms with E-state index in [9.17, 15) is 18.3 Å². The highest BCUT2D eigenvalue weighted by Crippen LogP contribution is 2.21. The van der Waals surface area contributed by atoms with Crippen molar-refractivity contribution in [3.8, 4) is 0 Å². The van der Waals surface area contributed by atoms with Gasteiger partial charge in [-0.05, 0) is 87.1 Å². The molecule has 0 radical (unpaired) electrons. The molecular weight excluding hydrogens is 376 g/mol. The number of amides is 1. The lowest BCUT2D eigenvalue weighted by atomic mass is 9.93. The van der Waals surface area contributed by atoms with Crippen molar-refractivity contribution in [2.75, 3.05) is 4.72 Å². The van der Waals surface area contributed by atoms with E-state index in [-0.39, 0.29) is 22.9 Å². The average molecular weight is 403 g/mol. The summed E-state index contributed by atoms with van der Waals surface area (Å²) in [7, 11) is -3.69. The molecule has 1 saturated carbocycles. The largest absolute Gasteiger partial charge is 0.393 e. The third kappa shape index (κ3) is 4.91. The zero-order chi connectivity index (χ0) is 20.3. The Bertz CT molecular complexity index is 947. The summed E-state index contributed by atoms with van der Waals surface area (Å²) in [5.41, 5.74) is 2.81. The second-order valence-corrected chi connectivity index (χ2v) is 9.09. The smallest absolute Gasteiger partial charge is 0.261 e. The van der Waals surface area contributed by atoms with E-state index < -0.39 is 10.0 Å². The van der Waals surface area contributed by atoms with Gasteiger partial charge in [-0.3, -0.25) is 9.52 Å². The fourth-order valence-corrected chi connectivity index (χ4v) is 4.42. The van der Waals surface area contributed by atoms with E-state index in [1.807, 2.05) is 13.8 Å². The van der Waals surface area contributed by atoms with Crippen molar-refractivity contribution in [2.24, 2.45) is 0 Å². The van der Waals surface area contributed by atoms with Crippen LogP contribution in [0.3, 0.4) is 0 Å². The lowest BCUT2D eigenvalue weighted by Crippen LogP contribution is -2.38. The summed E-state index contributed by atoms with van der Waals surface area (Å²) in [6.45, 7) is 3.80. The number of rotatable bonds is 5. The van der Waals surface area contributed by atoms with Gasteiger partial charge >= 0.3 is 0 Å². The standard InChI is InChI=1S/C21H26N2O4S/c1-14-3-12-20(13-15(14)2)28(26,27)23-18-6-4-16(5-7-18)21(25)22-17-8-10-19(24)11-9-17/h3-7,12-13,17,19,23-24H,8-11H2,1-2H3,(H,22,25). The molecule has 1 aliphatic carbocycles. The van der Waals surface area contributed by atoms with Crippen molar-refractivity contribution >= 4 is 21.6 Å². The molecule has 3 rings (SSSR count). The highest BCUT2D eigenvalue weighted by atomic mass is 32.2. The van der Waals surface area contributed by atoms with Gasteiger partial charge in [-0.2, -0.15) is 0 Å². The van der Waals surface area contributed by atoms with Gasteiger partial charge in [0.1, 0.15) is 0 Å². The van der Waals surface area contributed by atoms with E-state index in [0.717, 1.165) is 24.0 Å². The Labute approximate surface area is 166 Å². The monoisotopic (exact) mass is 402 g/mol. The number of sulfonamides is 1. The third-order valence-corrected chi connectivity index (χ3v) is 6.60. The Balaban J connectivity index is 1.65. The molecule has 0 atom stereocenters. The third-order valence-electron chi connectivity index (χ3n) is 5.22. The highest BCUT2D eigenvalue weighted by Gasteiger charge is 2.21. The predicted molar refractivity (Wildman–Crippen MR) is 109 cm³/mol. The minimum Gasteiger partial charge on any atom is -0.393 e. The van der Waals surface area contributed by atoms with Gasteiger partial charge in [0.05, 0.1) is 11.0 Å². The lowest BCUT2D eigenvalue weighted by Gasteiger charge is -2.26. The molecule has 0 aromatic heterocycles. The molecule has 0 spiro atoms. The fraction of sp³-hybridized carbons (Fsp3) is 0.381. The van der Waals surface area contributed by atoms with Crippen LogP contribution in [0.25, 0.3) is 0 Å². The van der Waals surface area contributed by atoms with Crippen LogP contribution in [0, 0.1) is 13.8 Å². The zero-order valence-electron chi connectivity index (χ0n) is 16.1. The van der Waals surface area contributed by atoms with Crippen LogP contribution in [0.4, 0.5) is 5.69 Å². The number of carbonyl (C=O) groups is 1. The first-order valence-electron chi connectivity index (χ1n) is 9.43. The summed E-state index contributed by atoms with van der Waals surface area (Å²) >= 11 is 0. The van der Waals surface area contributed by atoms with E-state index in [4.69, 9.17) is 0 Å². The number of aliphatic hydroxyl groups is 1. The Kier molecular flexibility index (Phi) is 6.05. The summed E-state index contributed by atoms with van der Waals surface area (Å²) in [6.07, 6.45) is 2.66. The number of aryl methyl sites for hydroxylation is 2. The molecule has 1 fully saturated rings. The molecule has 7 heteroatoms. The van der Waals surface area contributed by atoms with Crippen molar-refractivity contribution in [1.82, 2.24) is 5.32 Å². The summed E-state index contributed by atoms with van der Waals surface area (Å²) in [5.74, 6) is -0.190. The maximum atomic E-state index is 12.6. The molecule has 0 aliphatic heterocycles. The van der Waals surface area contributed by atoms with Crippen molar-refractivity contribution in [1.29, 1.82) is 0 Å². The molecule has 0 bridgehead atoms. The van der Waals surface area contributed by atoms with Crippen LogP contribution in [-0.2, 0) is 10.0 Å². The normalized spacial score (nSPS) is 19.8. The number of benzene rings is 2. The molecule has 1 aliphatic rings. The van der Waals surface area contributed by atoms with Crippen LogP contribution in [-0.4, -0.2) is 31.6 Å². The molecule has 0 heterocycles. The second kappa shape index (κ2) is 8.32. The topological polar surface area (TPSA) is 95.5 Å². The van der Waals surface area contributed by atoms with Crippen molar-refractivity contribution in [2.45, 2.75) is 56.6 Å². The molecule has 150 valence electrons. The van der Waals surface area contributed by atoms with Crippen LogP contribution in [0.5, 0.6) is 0 Å². The first-order chi connectivity index (χ1) is 13.2. The summed E-state index contributed by atoms with van der Waals surface area (Å²) in [4.78, 5) is 12.6. The molecule has 3 N–H and O–H groups in total. The molecule has 1 amide bonds. The number of hydrogen-bond donors (Lipinski definition) is 3. The van der Waals surface area contributed by atoms with E-state index in [2.05, 4.69) is 10.0 Å². The molecule has 2 aromatic rings. The van der Waals surface area contributed by atoms with Gasteiger partial charge in [0, 0.05) is 17.3 Å². The summed E-state index contributed by atoms with van der Waals surface area (Å²) in [5, 5.41) is 12.5. The van der Waals surface area contributed by atoms with Gasteiger partial charge in [0.15, 0.2) is 0 Å². The first-order valence-corrected chi connectivity index (χ1v) is 10.9. The van der Waals surface area contributed by atoms with E-state index in [1.54, 1.807) is 42.5 Å². The predicted octanol–water partition coefficient (Wildman–Crippen LogP) is 3.14. The minimum atomic E-state index is -3.69. The van der Waals surface area contributed by atoms with Gasteiger partial charge in [0.2, 0.25) is 0 Å². The van der Waals surface area contributed by atoms with E-state index in [1.165, 1.54) is 0 Å². The van der Waals surface area contributed by atoms with Crippen molar-refractivity contribution in [3.63, 3.8) is 0 Å². The summed E-state index contributed by atoms with van der Waals surface area (Å²) in [6, 6.07) is 11.4. The average Bonchev–Trinajstić information content (AvgIpc) is 2.66. The van der Waals surface area contributed by atoms with Gasteiger partial charge < -0.3 is 10.4 Å². The number of hydrogen-bond acceptors (Lipinski definition) is 4. The number of carbonyl (C=O) groups excluding carboxylic acids is 1. The van der Waals surface area contributed by atoms with Gasteiger partial charge in [0.25, 0.3) is 15.9 Å². The Morgan fingerprint density at radius 1 is 0.964 bits per heavy atom. The Hall–Kier alpha value is -2.38. The molecular formula is C21H26N2O4S. The Morgan fingerprint density at radius 3 is 2.21 bits per heavy atom. The quantitative estimate of drug-likeness (QED) is 0.716. The maximum absolute atomic E-state index is 12.6. The molecule has 2 aromatic carbocycles. The van der Waals surface area contributed by atoms with Crippen LogP contribution in [0.15, 0.2) is 47.4 Å². The number of anilines is 1. The van der Waals surface area contributed by atoms with Gasteiger partial charge in [-0.1, -0.05) is 6.07 Å². The number of aliphatic hydroxyl groups excluding tert-OH is 1. The fourth-order valence-electron chi connectivity index (χ4n) is 3.27. The van der Waals surface area contributed by atoms with Crippen LogP contribution < -0.4 is 10.0 Å². The van der Waals surface area contributed by atoms with E-state index in [0.29, 0.717) is 24.1 Å². The zero-order valence-corrected chi connectivity index (χ0v) is 16.9. The highest BCUT2D eigenvalue weighted by molar-refractivity contribution is 7.92. The van der Waals surface area contributed by atoms with Crippen LogP contribution in [0.2, 0.25) is 0 Å². The van der Waals surface area contributed by atoms with E-state index >= 15 is 0 Å².